The van der Waals surface area contributed by atoms with Gasteiger partial charge in [0.15, 0.2) is 0 Å². The van der Waals surface area contributed by atoms with Crippen molar-refractivity contribution in [2.24, 2.45) is 5.10 Å². The molecule has 1 aliphatic rings. The minimum Gasteiger partial charge on any atom is -0.457 e. The molecule has 1 aromatic heterocycles. The molecule has 0 bridgehead atoms. The lowest BCUT2D eigenvalue weighted by atomic mass is 10.1. The van der Waals surface area contributed by atoms with Gasteiger partial charge in [0.2, 0.25) is 0 Å². The van der Waals surface area contributed by atoms with Crippen LogP contribution in [0, 0.1) is 0 Å². The maximum absolute atomic E-state index is 13.3. The summed E-state index contributed by atoms with van der Waals surface area (Å²) in [5, 5.41) is 6.72. The lowest BCUT2D eigenvalue weighted by molar-refractivity contribution is -0.114. The molecule has 0 saturated carbocycles. The SMILES string of the molecule is O=C1/C(=C\c2ccc(-c3ccccc3Cl)o2)C(CSc2ccccc2)=NN1c1ccccc1. The second-order valence-electron chi connectivity index (χ2n) is 7.34. The average Bonchev–Trinajstić information content (AvgIpc) is 3.44. The zero-order chi connectivity index (χ0) is 22.6. The van der Waals surface area contributed by atoms with Crippen LogP contribution < -0.4 is 5.01 Å². The first-order chi connectivity index (χ1) is 16.2. The summed E-state index contributed by atoms with van der Waals surface area (Å²) in [6, 6.07) is 30.7. The zero-order valence-corrected chi connectivity index (χ0v) is 19.1. The Labute approximate surface area is 201 Å². The Kier molecular flexibility index (Phi) is 6.15. The molecular weight excluding hydrogens is 452 g/mol. The normalized spacial score (nSPS) is 14.7. The molecule has 5 rings (SSSR count). The van der Waals surface area contributed by atoms with Gasteiger partial charge in [0.05, 0.1) is 22.0 Å². The third-order valence-corrected chi connectivity index (χ3v) is 6.48. The number of para-hydroxylation sites is 1. The number of carbonyl (C=O) groups is 1. The van der Waals surface area contributed by atoms with Crippen LogP contribution in [-0.4, -0.2) is 17.4 Å². The Morgan fingerprint density at radius 3 is 2.33 bits per heavy atom. The summed E-state index contributed by atoms with van der Waals surface area (Å²) in [5.74, 6) is 1.60. The minimum absolute atomic E-state index is 0.180. The number of furan rings is 1. The number of rotatable bonds is 6. The van der Waals surface area contributed by atoms with Crippen molar-refractivity contribution < 1.29 is 9.21 Å². The molecule has 0 aliphatic carbocycles. The zero-order valence-electron chi connectivity index (χ0n) is 17.5. The highest BCUT2D eigenvalue weighted by atomic mass is 35.5. The first-order valence-electron chi connectivity index (χ1n) is 10.4. The highest BCUT2D eigenvalue weighted by molar-refractivity contribution is 8.00. The van der Waals surface area contributed by atoms with Crippen molar-refractivity contribution in [2.45, 2.75) is 4.90 Å². The van der Waals surface area contributed by atoms with E-state index < -0.39 is 0 Å². The van der Waals surface area contributed by atoms with E-state index in [0.717, 1.165) is 16.1 Å². The van der Waals surface area contributed by atoms with Crippen LogP contribution in [-0.2, 0) is 4.79 Å². The van der Waals surface area contributed by atoms with E-state index in [1.54, 1.807) is 17.8 Å². The van der Waals surface area contributed by atoms with Crippen molar-refractivity contribution in [1.82, 2.24) is 0 Å². The average molecular weight is 471 g/mol. The van der Waals surface area contributed by atoms with Crippen LogP contribution >= 0.6 is 23.4 Å². The summed E-state index contributed by atoms with van der Waals surface area (Å²) in [4.78, 5) is 14.4. The predicted octanol–water partition coefficient (Wildman–Crippen LogP) is 7.18. The van der Waals surface area contributed by atoms with Crippen LogP contribution in [0.15, 0.2) is 117 Å². The molecule has 2 heterocycles. The number of hydrogen-bond donors (Lipinski definition) is 0. The van der Waals surface area contributed by atoms with Crippen molar-refractivity contribution in [2.75, 3.05) is 10.8 Å². The van der Waals surface area contributed by atoms with E-state index in [1.807, 2.05) is 97.1 Å². The standard InChI is InChI=1S/C27H19ClN2O2S/c28-24-14-8-7-13-22(24)26-16-15-20(32-26)17-23-25(18-33-21-11-5-2-6-12-21)29-30(27(23)31)19-9-3-1-4-10-19/h1-17H,18H2/b23-17-. The molecule has 0 saturated heterocycles. The molecular formula is C27H19ClN2O2S. The van der Waals surface area contributed by atoms with E-state index in [4.69, 9.17) is 16.0 Å². The highest BCUT2D eigenvalue weighted by Gasteiger charge is 2.31. The number of nitrogens with zero attached hydrogens (tertiary/aromatic N) is 2. The van der Waals surface area contributed by atoms with Crippen molar-refractivity contribution >= 4 is 46.7 Å². The summed E-state index contributed by atoms with van der Waals surface area (Å²) in [6.07, 6.45) is 1.76. The van der Waals surface area contributed by atoms with E-state index in [0.29, 0.717) is 33.6 Å². The van der Waals surface area contributed by atoms with Crippen molar-refractivity contribution in [3.8, 4) is 11.3 Å². The van der Waals surface area contributed by atoms with Gasteiger partial charge < -0.3 is 4.42 Å². The Morgan fingerprint density at radius 2 is 1.58 bits per heavy atom. The Morgan fingerprint density at radius 1 is 0.879 bits per heavy atom. The van der Waals surface area contributed by atoms with Gasteiger partial charge in [-0.05, 0) is 54.6 Å². The molecule has 1 amide bonds. The number of benzene rings is 3. The van der Waals surface area contributed by atoms with Gasteiger partial charge in [-0.1, -0.05) is 60.1 Å². The fourth-order valence-electron chi connectivity index (χ4n) is 3.50. The highest BCUT2D eigenvalue weighted by Crippen LogP contribution is 2.32. The lowest BCUT2D eigenvalue weighted by Gasteiger charge is -2.10. The molecule has 0 radical (unpaired) electrons. The number of halogens is 1. The number of thioether (sulfide) groups is 1. The van der Waals surface area contributed by atoms with E-state index in [2.05, 4.69) is 5.10 Å². The molecule has 4 nitrogen and oxygen atoms in total. The number of amides is 1. The maximum atomic E-state index is 13.3. The van der Waals surface area contributed by atoms with Crippen LogP contribution in [0.4, 0.5) is 5.69 Å². The van der Waals surface area contributed by atoms with Gasteiger partial charge >= 0.3 is 0 Å². The van der Waals surface area contributed by atoms with E-state index in [1.165, 1.54) is 5.01 Å². The molecule has 33 heavy (non-hydrogen) atoms. The first kappa shape index (κ1) is 21.3. The largest absolute Gasteiger partial charge is 0.457 e. The molecule has 162 valence electrons. The van der Waals surface area contributed by atoms with Gasteiger partial charge in [0, 0.05) is 16.2 Å². The molecule has 3 aromatic carbocycles. The summed E-state index contributed by atoms with van der Waals surface area (Å²) in [5.41, 5.74) is 2.75. The van der Waals surface area contributed by atoms with Crippen LogP contribution in [0.25, 0.3) is 17.4 Å². The quantitative estimate of drug-likeness (QED) is 0.221. The monoisotopic (exact) mass is 470 g/mol. The van der Waals surface area contributed by atoms with Gasteiger partial charge in [-0.3, -0.25) is 4.79 Å². The molecule has 0 unspecified atom stereocenters. The van der Waals surface area contributed by atoms with E-state index in [9.17, 15) is 4.79 Å². The molecule has 0 atom stereocenters. The van der Waals surface area contributed by atoms with Crippen LogP contribution in [0.2, 0.25) is 5.02 Å². The molecule has 0 fully saturated rings. The number of anilines is 1. The van der Waals surface area contributed by atoms with Crippen molar-refractivity contribution in [3.05, 3.63) is 113 Å². The van der Waals surface area contributed by atoms with Crippen molar-refractivity contribution in [3.63, 3.8) is 0 Å². The van der Waals surface area contributed by atoms with E-state index in [-0.39, 0.29) is 5.91 Å². The van der Waals surface area contributed by atoms with Gasteiger partial charge in [-0.2, -0.15) is 10.1 Å². The number of carbonyl (C=O) groups excluding carboxylic acids is 1. The number of hydrogen-bond acceptors (Lipinski definition) is 4. The van der Waals surface area contributed by atoms with Gasteiger partial charge in [-0.15, -0.1) is 11.8 Å². The fourth-order valence-corrected chi connectivity index (χ4v) is 4.60. The Balaban J connectivity index is 1.47. The third kappa shape index (κ3) is 4.65. The van der Waals surface area contributed by atoms with E-state index >= 15 is 0 Å². The minimum atomic E-state index is -0.180. The van der Waals surface area contributed by atoms with Crippen LogP contribution in [0.3, 0.4) is 0 Å². The fraction of sp³-hybridized carbons (Fsp3) is 0.0370. The third-order valence-electron chi connectivity index (χ3n) is 5.13. The Bertz CT molecular complexity index is 1350. The van der Waals surface area contributed by atoms with Gasteiger partial charge in [0.25, 0.3) is 5.91 Å². The van der Waals surface area contributed by atoms with Gasteiger partial charge in [0.1, 0.15) is 11.5 Å². The first-order valence-corrected chi connectivity index (χ1v) is 11.8. The smallest absolute Gasteiger partial charge is 0.280 e. The molecule has 4 aromatic rings. The van der Waals surface area contributed by atoms with Crippen LogP contribution in [0.5, 0.6) is 0 Å². The molecule has 6 heteroatoms. The maximum Gasteiger partial charge on any atom is 0.280 e. The summed E-state index contributed by atoms with van der Waals surface area (Å²) >= 11 is 7.95. The van der Waals surface area contributed by atoms with Crippen molar-refractivity contribution in [1.29, 1.82) is 0 Å². The second kappa shape index (κ2) is 9.53. The lowest BCUT2D eigenvalue weighted by Crippen LogP contribution is -2.21. The predicted molar refractivity (Wildman–Crippen MR) is 136 cm³/mol. The second-order valence-corrected chi connectivity index (χ2v) is 8.80. The Hall–Kier alpha value is -3.54. The molecule has 1 aliphatic heterocycles. The van der Waals surface area contributed by atoms with Gasteiger partial charge in [-0.25, -0.2) is 0 Å². The molecule has 0 N–H and O–H groups in total. The topological polar surface area (TPSA) is 45.8 Å². The van der Waals surface area contributed by atoms with Crippen LogP contribution in [0.1, 0.15) is 5.76 Å². The number of hydrazone groups is 1. The summed E-state index contributed by atoms with van der Waals surface area (Å²) in [6.45, 7) is 0. The molecule has 0 spiro atoms. The summed E-state index contributed by atoms with van der Waals surface area (Å²) in [7, 11) is 0. The summed E-state index contributed by atoms with van der Waals surface area (Å²) < 4.78 is 6.02.